The Morgan fingerprint density at radius 3 is 2.43 bits per heavy atom. The van der Waals surface area contributed by atoms with Crippen LogP contribution in [-0.2, 0) is 6.54 Å². The zero-order valence-electron chi connectivity index (χ0n) is 12.7. The molecule has 5 nitrogen and oxygen atoms in total. The largest absolute Gasteiger partial charge is 0.478 e. The number of carboxylic acid groups (broad SMARTS) is 1. The predicted molar refractivity (Wildman–Crippen MR) is 80.6 cm³/mol. The number of hydrogen-bond donors (Lipinski definition) is 2. The number of aromatic nitrogens is 2. The van der Waals surface area contributed by atoms with Crippen molar-refractivity contribution in [3.05, 3.63) is 34.2 Å². The molecule has 1 fully saturated rings. The molecule has 1 heterocycles. The lowest BCUT2D eigenvalue weighted by Crippen LogP contribution is -2.19. The first-order valence-electron chi connectivity index (χ1n) is 7.12. The van der Waals surface area contributed by atoms with E-state index < -0.39 is 5.97 Å². The molecule has 1 saturated carbocycles. The van der Waals surface area contributed by atoms with Gasteiger partial charge in [-0.3, -0.25) is 4.57 Å². The maximum absolute atomic E-state index is 12.2. The highest BCUT2D eigenvalue weighted by Crippen LogP contribution is 2.68. The number of imidazole rings is 1. The number of hydrogen-bond acceptors (Lipinski definition) is 2. The van der Waals surface area contributed by atoms with Crippen molar-refractivity contribution in [2.75, 3.05) is 0 Å². The van der Waals surface area contributed by atoms with E-state index in [-0.39, 0.29) is 22.1 Å². The summed E-state index contributed by atoms with van der Waals surface area (Å²) in [5.41, 5.74) is 1.77. The molecule has 1 aliphatic carbocycles. The van der Waals surface area contributed by atoms with Crippen LogP contribution in [0.4, 0.5) is 0 Å². The summed E-state index contributed by atoms with van der Waals surface area (Å²) in [7, 11) is 0. The van der Waals surface area contributed by atoms with Gasteiger partial charge in [-0.2, -0.15) is 0 Å². The molecule has 0 spiro atoms. The van der Waals surface area contributed by atoms with Gasteiger partial charge in [0.25, 0.3) is 0 Å². The first-order valence-corrected chi connectivity index (χ1v) is 7.12. The summed E-state index contributed by atoms with van der Waals surface area (Å²) in [6.45, 7) is 9.55. The Kier molecular flexibility index (Phi) is 2.65. The molecule has 0 amide bonds. The van der Waals surface area contributed by atoms with E-state index in [0.29, 0.717) is 18.0 Å². The standard InChI is InChI=1S/C16H20N2O3/c1-15(2)12(16(15,3)4)8-18-11-6-5-9(13(19)20)7-10(11)17-14(18)21/h5-7,12H,8H2,1-4H3,(H,17,21)(H,19,20). The van der Waals surface area contributed by atoms with Crippen LogP contribution in [0.1, 0.15) is 38.1 Å². The van der Waals surface area contributed by atoms with Crippen molar-refractivity contribution >= 4 is 17.0 Å². The Labute approximate surface area is 122 Å². The van der Waals surface area contributed by atoms with Gasteiger partial charge in [0.2, 0.25) is 0 Å². The number of aromatic carboxylic acids is 1. The predicted octanol–water partition coefficient (Wildman–Crippen LogP) is 2.71. The smallest absolute Gasteiger partial charge is 0.335 e. The highest BCUT2D eigenvalue weighted by atomic mass is 16.4. The third-order valence-electron chi connectivity index (χ3n) is 5.71. The van der Waals surface area contributed by atoms with Gasteiger partial charge < -0.3 is 10.1 Å². The monoisotopic (exact) mass is 288 g/mol. The molecular formula is C16H20N2O3. The SMILES string of the molecule is CC1(C)C(Cn2c(=O)[nH]c3cc(C(=O)O)ccc32)C1(C)C. The Morgan fingerprint density at radius 2 is 1.90 bits per heavy atom. The van der Waals surface area contributed by atoms with Gasteiger partial charge in [0.1, 0.15) is 0 Å². The zero-order valence-corrected chi connectivity index (χ0v) is 12.7. The van der Waals surface area contributed by atoms with E-state index in [9.17, 15) is 9.59 Å². The van der Waals surface area contributed by atoms with Crippen LogP contribution in [0.3, 0.4) is 0 Å². The molecular weight excluding hydrogens is 268 g/mol. The van der Waals surface area contributed by atoms with Gasteiger partial charge in [0, 0.05) is 6.54 Å². The van der Waals surface area contributed by atoms with Crippen molar-refractivity contribution in [1.29, 1.82) is 0 Å². The van der Waals surface area contributed by atoms with Gasteiger partial charge in [-0.05, 0) is 34.9 Å². The van der Waals surface area contributed by atoms with Crippen molar-refractivity contribution in [3.63, 3.8) is 0 Å². The van der Waals surface area contributed by atoms with Crippen LogP contribution in [0, 0.1) is 16.7 Å². The normalized spacial score (nSPS) is 19.8. The van der Waals surface area contributed by atoms with Gasteiger partial charge >= 0.3 is 11.7 Å². The summed E-state index contributed by atoms with van der Waals surface area (Å²) >= 11 is 0. The molecule has 0 aliphatic heterocycles. The van der Waals surface area contributed by atoms with E-state index >= 15 is 0 Å². The highest BCUT2D eigenvalue weighted by molar-refractivity contribution is 5.92. The summed E-state index contributed by atoms with van der Waals surface area (Å²) < 4.78 is 1.72. The molecule has 0 radical (unpaired) electrons. The molecule has 0 unspecified atom stereocenters. The van der Waals surface area contributed by atoms with E-state index in [4.69, 9.17) is 5.11 Å². The maximum atomic E-state index is 12.2. The minimum atomic E-state index is -0.991. The average Bonchev–Trinajstić information content (AvgIpc) is 2.66. The number of aromatic amines is 1. The number of H-pyrrole nitrogens is 1. The van der Waals surface area contributed by atoms with Crippen LogP contribution in [0.2, 0.25) is 0 Å². The molecule has 0 bridgehead atoms. The van der Waals surface area contributed by atoms with Gasteiger partial charge in [0.15, 0.2) is 0 Å². The summed E-state index contributed by atoms with van der Waals surface area (Å²) in [4.78, 5) is 25.9. The number of carbonyl (C=O) groups is 1. The van der Waals surface area contributed by atoms with Crippen molar-refractivity contribution in [2.45, 2.75) is 34.2 Å². The number of fused-ring (bicyclic) bond motifs is 1. The fraction of sp³-hybridized carbons (Fsp3) is 0.500. The second-order valence-electron chi connectivity index (χ2n) is 7.07. The molecule has 5 heteroatoms. The van der Waals surface area contributed by atoms with Crippen molar-refractivity contribution in [1.82, 2.24) is 9.55 Å². The third-order valence-corrected chi connectivity index (χ3v) is 5.71. The summed E-state index contributed by atoms with van der Waals surface area (Å²) in [6, 6.07) is 4.76. The van der Waals surface area contributed by atoms with Crippen LogP contribution >= 0.6 is 0 Å². The Hall–Kier alpha value is -2.04. The number of nitrogens with one attached hydrogen (secondary N) is 1. The minimum Gasteiger partial charge on any atom is -0.478 e. The van der Waals surface area contributed by atoms with E-state index in [2.05, 4.69) is 32.7 Å². The first kappa shape index (κ1) is 13.9. The Balaban J connectivity index is 2.03. The fourth-order valence-corrected chi connectivity index (χ4v) is 3.45. The van der Waals surface area contributed by atoms with E-state index in [1.165, 1.54) is 12.1 Å². The van der Waals surface area contributed by atoms with Crippen LogP contribution in [-0.4, -0.2) is 20.6 Å². The first-order chi connectivity index (χ1) is 9.66. The lowest BCUT2D eigenvalue weighted by Gasteiger charge is -2.05. The number of nitrogens with zero attached hydrogens (tertiary/aromatic N) is 1. The zero-order chi connectivity index (χ0) is 15.6. The molecule has 1 aromatic carbocycles. The van der Waals surface area contributed by atoms with Gasteiger partial charge in [-0.1, -0.05) is 27.7 Å². The average molecular weight is 288 g/mol. The molecule has 2 aromatic rings. The van der Waals surface area contributed by atoms with Gasteiger partial charge in [-0.25, -0.2) is 9.59 Å². The van der Waals surface area contributed by atoms with E-state index in [0.717, 1.165) is 5.52 Å². The topological polar surface area (TPSA) is 75.1 Å². The molecule has 0 saturated heterocycles. The number of carboxylic acids is 1. The summed E-state index contributed by atoms with van der Waals surface area (Å²) in [6.07, 6.45) is 0. The Bertz CT molecular complexity index is 781. The highest BCUT2D eigenvalue weighted by Gasteiger charge is 2.64. The second kappa shape index (κ2) is 4.00. The van der Waals surface area contributed by atoms with Crippen LogP contribution < -0.4 is 5.69 Å². The van der Waals surface area contributed by atoms with Crippen molar-refractivity contribution in [3.8, 4) is 0 Å². The van der Waals surface area contributed by atoms with Gasteiger partial charge in [-0.15, -0.1) is 0 Å². The maximum Gasteiger partial charge on any atom is 0.335 e. The summed E-state index contributed by atoms with van der Waals surface area (Å²) in [5, 5.41) is 9.01. The molecule has 3 rings (SSSR count). The molecule has 21 heavy (non-hydrogen) atoms. The lowest BCUT2D eigenvalue weighted by atomic mass is 10.0. The molecule has 112 valence electrons. The number of benzene rings is 1. The second-order valence-corrected chi connectivity index (χ2v) is 7.07. The molecule has 2 N–H and O–H groups in total. The van der Waals surface area contributed by atoms with Crippen molar-refractivity contribution < 1.29 is 9.90 Å². The molecule has 1 aliphatic rings. The Morgan fingerprint density at radius 1 is 1.29 bits per heavy atom. The number of rotatable bonds is 3. The minimum absolute atomic E-state index is 0.175. The van der Waals surface area contributed by atoms with Crippen molar-refractivity contribution in [2.24, 2.45) is 16.7 Å². The fourth-order valence-electron chi connectivity index (χ4n) is 3.45. The lowest BCUT2D eigenvalue weighted by molar-refractivity contribution is 0.0697. The van der Waals surface area contributed by atoms with Crippen LogP contribution in [0.5, 0.6) is 0 Å². The molecule has 1 aromatic heterocycles. The quantitative estimate of drug-likeness (QED) is 0.911. The van der Waals surface area contributed by atoms with Crippen LogP contribution in [0.15, 0.2) is 23.0 Å². The third kappa shape index (κ3) is 1.83. The van der Waals surface area contributed by atoms with Crippen LogP contribution in [0.25, 0.3) is 11.0 Å². The van der Waals surface area contributed by atoms with Gasteiger partial charge in [0.05, 0.1) is 16.6 Å². The molecule has 0 atom stereocenters. The van der Waals surface area contributed by atoms with E-state index in [1.807, 2.05) is 0 Å². The summed E-state index contributed by atoms with van der Waals surface area (Å²) in [5.74, 6) is -0.559. The van der Waals surface area contributed by atoms with E-state index in [1.54, 1.807) is 10.6 Å².